The summed E-state index contributed by atoms with van der Waals surface area (Å²) in [5.41, 5.74) is 1.46. The highest BCUT2D eigenvalue weighted by Gasteiger charge is 2.48. The molecule has 0 spiro atoms. The van der Waals surface area contributed by atoms with Gasteiger partial charge in [0.25, 0.3) is 5.91 Å². The Morgan fingerprint density at radius 1 is 0.679 bits per heavy atom. The Bertz CT molecular complexity index is 1740. The van der Waals surface area contributed by atoms with Crippen molar-refractivity contribution in [1.29, 1.82) is 0 Å². The lowest BCUT2D eigenvalue weighted by molar-refractivity contribution is -0.144. The van der Waals surface area contributed by atoms with Crippen LogP contribution in [0.25, 0.3) is 0 Å². The minimum absolute atomic E-state index is 0. The van der Waals surface area contributed by atoms with Gasteiger partial charge in [-0.25, -0.2) is 0 Å². The normalized spacial score (nSPS) is 15.5. The van der Waals surface area contributed by atoms with E-state index in [9.17, 15) is 44.4 Å². The van der Waals surface area contributed by atoms with E-state index in [1.165, 1.54) is 12.1 Å². The molecule has 2 aliphatic heterocycles. The zero-order valence-corrected chi connectivity index (χ0v) is 32.1. The third kappa shape index (κ3) is 13.7. The second kappa shape index (κ2) is 20.7. The number of aliphatic hydroxyl groups is 2. The molecule has 0 aliphatic carbocycles. The molecule has 2 atom stereocenters. The lowest BCUT2D eigenvalue weighted by Crippen LogP contribution is -2.52. The second-order valence-corrected chi connectivity index (χ2v) is 14.7. The van der Waals surface area contributed by atoms with Gasteiger partial charge in [-0.15, -0.1) is 10.9 Å². The standard InChI is InChI=1S/C18H28BN2O6.C11H13BNO4.C7H13NO2.2CH4/c1-11(22)9-20-15(23)17(2,3)18(4,5)16(24)21-13-7-6-12-10-27-19(25,26)14(12)8-13;1-7(2)11(14)13-9-4-3-8-6-17-12(15,16)10(8)5-9;1-5(2)7(10)8-4-6(3)9;;/h6-8,11,22,25-26H,9-10H2,1-5H3,(H,20,23)(H,21,24);3-5,15-16H,1,6H2,2H3,(H,13,14);6,9H,1,4H2,2-3H3,(H,8,10);2*1H4/q2*-1;;;. The number of benzene rings is 2. The van der Waals surface area contributed by atoms with Gasteiger partial charge in [0, 0.05) is 48.8 Å². The molecular weight excluding hydrogens is 726 g/mol. The van der Waals surface area contributed by atoms with Gasteiger partial charge in [-0.3, -0.25) is 19.2 Å². The summed E-state index contributed by atoms with van der Waals surface area (Å²) in [6.07, 6.45) is -1.18. The van der Waals surface area contributed by atoms with Crippen molar-refractivity contribution >= 4 is 59.4 Å². The van der Waals surface area contributed by atoms with Crippen LogP contribution in [0.5, 0.6) is 0 Å². The first-order valence-corrected chi connectivity index (χ1v) is 17.3. The molecule has 10 N–H and O–H groups in total. The second-order valence-electron chi connectivity index (χ2n) is 14.7. The van der Waals surface area contributed by atoms with E-state index in [1.54, 1.807) is 79.7 Å². The third-order valence-electron chi connectivity index (χ3n) is 9.15. The van der Waals surface area contributed by atoms with E-state index in [0.29, 0.717) is 39.1 Å². The van der Waals surface area contributed by atoms with Crippen LogP contribution in [0, 0.1) is 10.8 Å². The molecule has 2 aliphatic rings. The first kappa shape index (κ1) is 51.6. The molecular formula is C38H62B2N4O12-2. The van der Waals surface area contributed by atoms with Gasteiger partial charge in [0.15, 0.2) is 0 Å². The summed E-state index contributed by atoms with van der Waals surface area (Å²) < 4.78 is 9.82. The van der Waals surface area contributed by atoms with Gasteiger partial charge >= 0.3 is 13.5 Å². The highest BCUT2D eigenvalue weighted by atomic mass is 16.6. The van der Waals surface area contributed by atoms with E-state index in [0.717, 1.165) is 0 Å². The Morgan fingerprint density at radius 2 is 1.05 bits per heavy atom. The van der Waals surface area contributed by atoms with Gasteiger partial charge in [0.05, 0.1) is 23.0 Å². The molecule has 4 rings (SSSR count). The van der Waals surface area contributed by atoms with E-state index < -0.39 is 42.5 Å². The van der Waals surface area contributed by atoms with Crippen LogP contribution in [0.15, 0.2) is 60.7 Å². The number of amides is 4. The number of nitrogens with one attached hydrogen (secondary N) is 4. The molecule has 56 heavy (non-hydrogen) atoms. The van der Waals surface area contributed by atoms with E-state index in [1.807, 2.05) is 0 Å². The summed E-state index contributed by atoms with van der Waals surface area (Å²) in [5.74, 6) is -1.26. The van der Waals surface area contributed by atoms with Crippen molar-refractivity contribution in [3.63, 3.8) is 0 Å². The first-order chi connectivity index (χ1) is 24.7. The van der Waals surface area contributed by atoms with Crippen molar-refractivity contribution in [3.8, 4) is 0 Å². The van der Waals surface area contributed by atoms with Crippen LogP contribution in [-0.2, 0) is 41.7 Å². The van der Waals surface area contributed by atoms with Crippen molar-refractivity contribution < 1.29 is 58.8 Å². The maximum atomic E-state index is 12.9. The number of hydrogen-bond acceptors (Lipinski definition) is 12. The Morgan fingerprint density at radius 3 is 1.45 bits per heavy atom. The van der Waals surface area contributed by atoms with Gasteiger partial charge in [-0.1, -0.05) is 77.3 Å². The molecule has 0 fully saturated rings. The molecule has 0 saturated heterocycles. The summed E-state index contributed by atoms with van der Waals surface area (Å²) >= 11 is 0. The molecule has 0 bridgehead atoms. The summed E-state index contributed by atoms with van der Waals surface area (Å²) in [6.45, 7) is 14.6. The highest BCUT2D eigenvalue weighted by Crippen LogP contribution is 2.40. The van der Waals surface area contributed by atoms with E-state index in [-0.39, 0.29) is 64.3 Å². The van der Waals surface area contributed by atoms with Crippen molar-refractivity contribution in [2.45, 2.75) is 95.7 Å². The SMILES string of the molecule is C.C.C=C(C)C(=O)NCC(C)O.C=C(C)C(=O)Nc1ccc2c(c1)[B-](O)(O)OC2.CC(O)CNC(=O)C(C)(C)C(C)(C)C(=O)Nc1ccc2c(c1)[B-](O)(O)OC2. The van der Waals surface area contributed by atoms with Gasteiger partial charge < -0.3 is 60.9 Å². The van der Waals surface area contributed by atoms with Crippen LogP contribution in [0.4, 0.5) is 11.4 Å². The summed E-state index contributed by atoms with van der Waals surface area (Å²) in [5, 5.41) is 67.5. The molecule has 0 aromatic heterocycles. The van der Waals surface area contributed by atoms with Crippen LogP contribution in [0.1, 0.15) is 81.4 Å². The lowest BCUT2D eigenvalue weighted by Gasteiger charge is -2.39. The van der Waals surface area contributed by atoms with Crippen LogP contribution >= 0.6 is 0 Å². The Hall–Kier alpha value is -4.39. The largest absolute Gasteiger partial charge is 0.556 e. The minimum atomic E-state index is -3.07. The van der Waals surface area contributed by atoms with Crippen molar-refractivity contribution in [3.05, 3.63) is 71.8 Å². The summed E-state index contributed by atoms with van der Waals surface area (Å²) in [7, 11) is 0. The Labute approximate surface area is 330 Å². The van der Waals surface area contributed by atoms with Gasteiger partial charge in [-0.2, -0.15) is 0 Å². The maximum absolute atomic E-state index is 12.9. The zero-order chi connectivity index (χ0) is 41.4. The number of carbonyl (C=O) groups is 4. The van der Waals surface area contributed by atoms with E-state index in [2.05, 4.69) is 34.4 Å². The molecule has 0 radical (unpaired) electrons. The van der Waals surface area contributed by atoms with Crippen LogP contribution in [-0.4, -0.2) is 92.7 Å². The smallest absolute Gasteiger partial charge is 0.405 e. The van der Waals surface area contributed by atoms with E-state index >= 15 is 0 Å². The summed E-state index contributed by atoms with van der Waals surface area (Å²) in [6, 6.07) is 9.66. The minimum Gasteiger partial charge on any atom is -0.556 e. The van der Waals surface area contributed by atoms with Crippen LogP contribution in [0.3, 0.4) is 0 Å². The van der Waals surface area contributed by atoms with Gasteiger partial charge in [0.1, 0.15) is 0 Å². The first-order valence-electron chi connectivity index (χ1n) is 17.3. The predicted octanol–water partition coefficient (Wildman–Crippen LogP) is 1.03. The fraction of sp³-hybridized carbons (Fsp3) is 0.474. The number of rotatable bonds is 11. The molecule has 314 valence electrons. The molecule has 18 heteroatoms. The highest BCUT2D eigenvalue weighted by molar-refractivity contribution is 6.74. The van der Waals surface area contributed by atoms with Crippen LogP contribution < -0.4 is 32.2 Å². The molecule has 2 unspecified atom stereocenters. The quantitative estimate of drug-likeness (QED) is 0.113. The predicted molar refractivity (Wildman–Crippen MR) is 219 cm³/mol. The molecule has 2 aromatic rings. The third-order valence-corrected chi connectivity index (χ3v) is 9.15. The van der Waals surface area contributed by atoms with Gasteiger partial charge in [-0.05, 0) is 53.7 Å². The Kier molecular flexibility index (Phi) is 19.1. The fourth-order valence-corrected chi connectivity index (χ4v) is 4.85. The molecule has 2 heterocycles. The number of hydrogen-bond donors (Lipinski definition) is 10. The number of carbonyl (C=O) groups excluding carboxylic acids is 4. The molecule has 4 amide bonds. The average Bonchev–Trinajstić information content (AvgIpc) is 3.55. The molecule has 0 saturated carbocycles. The lowest BCUT2D eigenvalue weighted by atomic mass is 9.66. The van der Waals surface area contributed by atoms with E-state index in [4.69, 9.17) is 14.4 Å². The molecule has 16 nitrogen and oxygen atoms in total. The number of aliphatic hydroxyl groups excluding tert-OH is 2. The monoisotopic (exact) mass is 788 g/mol. The van der Waals surface area contributed by atoms with Gasteiger partial charge in [0.2, 0.25) is 17.7 Å². The van der Waals surface area contributed by atoms with Crippen molar-refractivity contribution in [1.82, 2.24) is 10.6 Å². The van der Waals surface area contributed by atoms with Crippen molar-refractivity contribution in [2.75, 3.05) is 23.7 Å². The topological polar surface area (TPSA) is 256 Å². The average molecular weight is 789 g/mol. The molecule has 2 aromatic carbocycles. The van der Waals surface area contributed by atoms with Crippen LogP contribution in [0.2, 0.25) is 0 Å². The number of anilines is 2. The fourth-order valence-electron chi connectivity index (χ4n) is 4.85. The summed E-state index contributed by atoms with van der Waals surface area (Å²) in [4.78, 5) is 47.6. The zero-order valence-electron chi connectivity index (χ0n) is 32.1. The maximum Gasteiger partial charge on any atom is 0.405 e. The number of fused-ring (bicyclic) bond motifs is 2. The Balaban J connectivity index is 0.000000892. The van der Waals surface area contributed by atoms with Crippen molar-refractivity contribution in [2.24, 2.45) is 10.8 Å².